The topological polar surface area (TPSA) is 36.7 Å². The maximum absolute atomic E-state index is 12.3. The van der Waals surface area contributed by atoms with Gasteiger partial charge in [0.15, 0.2) is 0 Å². The first-order valence-electron chi connectivity index (χ1n) is 2.27. The number of aromatic nitrogens is 1. The molecular formula is C6H2ClFMgN2. The van der Waals surface area contributed by atoms with Crippen LogP contribution in [0.3, 0.4) is 0 Å². The number of nitriles is 1. The third kappa shape index (κ3) is 3.51. The summed E-state index contributed by atoms with van der Waals surface area (Å²) in [6, 6.07) is 4.04. The zero-order valence-electron chi connectivity index (χ0n) is 5.51. The summed E-state index contributed by atoms with van der Waals surface area (Å²) in [6.45, 7) is 0. The van der Waals surface area contributed by atoms with Gasteiger partial charge >= 0.3 is 23.1 Å². The fourth-order valence-corrected chi connectivity index (χ4v) is 0.423. The van der Waals surface area contributed by atoms with Crippen LogP contribution in [-0.4, -0.2) is 28.0 Å². The van der Waals surface area contributed by atoms with Gasteiger partial charge in [0.25, 0.3) is 0 Å². The Balaban J connectivity index is 0. The van der Waals surface area contributed by atoms with Crippen molar-refractivity contribution < 1.29 is 16.8 Å². The average Bonchev–Trinajstić information content (AvgIpc) is 1.89. The minimum atomic E-state index is -0.601. The van der Waals surface area contributed by atoms with Crippen LogP contribution < -0.4 is 12.4 Å². The molecule has 0 amide bonds. The molecule has 0 aromatic carbocycles. The zero-order chi connectivity index (χ0) is 6.69. The number of hydrogen-bond donors (Lipinski definition) is 0. The second kappa shape index (κ2) is 6.34. The maximum atomic E-state index is 12.3. The first-order chi connectivity index (χ1) is 4.34. The Morgan fingerprint density at radius 3 is 2.64 bits per heavy atom. The van der Waals surface area contributed by atoms with Crippen LogP contribution in [0, 0.1) is 23.3 Å². The summed E-state index contributed by atoms with van der Waals surface area (Å²) in [5, 5.41) is 8.15. The predicted molar refractivity (Wildman–Crippen MR) is 33.5 cm³/mol. The van der Waals surface area contributed by atoms with Crippen LogP contribution in [0.5, 0.6) is 0 Å². The molecule has 1 aromatic heterocycles. The number of hydrogen-bond acceptors (Lipinski definition) is 2. The van der Waals surface area contributed by atoms with Crippen molar-refractivity contribution in [2.24, 2.45) is 0 Å². The fraction of sp³-hybridized carbons (Fsp3) is 0. The van der Waals surface area contributed by atoms with Crippen molar-refractivity contribution in [3.63, 3.8) is 0 Å². The van der Waals surface area contributed by atoms with Crippen LogP contribution in [-0.2, 0) is 0 Å². The summed E-state index contributed by atoms with van der Waals surface area (Å²) in [5.41, 5.74) is -0.211. The largest absolute Gasteiger partial charge is 2.00 e. The fourth-order valence-electron chi connectivity index (χ4n) is 0.423. The molecule has 11 heavy (non-hydrogen) atoms. The summed E-state index contributed by atoms with van der Waals surface area (Å²) in [5.74, 6) is -0.601. The molecule has 0 aliphatic heterocycles. The molecule has 0 N–H and O–H groups in total. The molecule has 0 saturated heterocycles. The second-order valence-electron chi connectivity index (χ2n) is 1.38. The van der Waals surface area contributed by atoms with Crippen molar-refractivity contribution in [2.45, 2.75) is 0 Å². The van der Waals surface area contributed by atoms with Gasteiger partial charge in [0.2, 0.25) is 0 Å². The van der Waals surface area contributed by atoms with Crippen LogP contribution in [0.25, 0.3) is 0 Å². The molecule has 0 unspecified atom stereocenters. The molecule has 52 valence electrons. The Morgan fingerprint density at radius 1 is 1.64 bits per heavy atom. The summed E-state index contributed by atoms with van der Waals surface area (Å²) in [6.07, 6.45) is 2.34. The number of rotatable bonds is 0. The van der Waals surface area contributed by atoms with Gasteiger partial charge in [0, 0.05) is 0 Å². The average molecular weight is 181 g/mol. The van der Waals surface area contributed by atoms with Crippen LogP contribution >= 0.6 is 0 Å². The molecule has 0 fully saturated rings. The van der Waals surface area contributed by atoms with Crippen molar-refractivity contribution in [1.29, 1.82) is 5.26 Å². The molecular weight excluding hydrogens is 179 g/mol. The van der Waals surface area contributed by atoms with Crippen LogP contribution in [0.1, 0.15) is 5.69 Å². The van der Waals surface area contributed by atoms with Gasteiger partial charge < -0.3 is 17.4 Å². The van der Waals surface area contributed by atoms with E-state index in [9.17, 15) is 4.39 Å². The Kier molecular flexibility index (Phi) is 7.63. The van der Waals surface area contributed by atoms with E-state index in [1.807, 2.05) is 0 Å². The molecule has 2 nitrogen and oxygen atoms in total. The van der Waals surface area contributed by atoms with E-state index in [2.05, 4.69) is 11.2 Å². The van der Waals surface area contributed by atoms with Gasteiger partial charge in [-0.05, 0) is 0 Å². The van der Waals surface area contributed by atoms with Crippen molar-refractivity contribution in [3.05, 3.63) is 29.8 Å². The molecule has 0 atom stereocenters. The molecule has 1 aromatic rings. The molecule has 1 heterocycles. The first-order valence-corrected chi connectivity index (χ1v) is 2.27. The first kappa shape index (κ1) is 13.2. The van der Waals surface area contributed by atoms with E-state index in [0.717, 1.165) is 6.07 Å². The van der Waals surface area contributed by atoms with E-state index in [4.69, 9.17) is 5.26 Å². The van der Waals surface area contributed by atoms with E-state index >= 15 is 0 Å². The molecule has 0 aliphatic rings. The van der Waals surface area contributed by atoms with Gasteiger partial charge in [-0.25, -0.2) is 9.65 Å². The van der Waals surface area contributed by atoms with Crippen molar-refractivity contribution >= 4 is 23.1 Å². The Labute approximate surface area is 86.0 Å². The maximum Gasteiger partial charge on any atom is 2.00 e. The van der Waals surface area contributed by atoms with E-state index in [-0.39, 0.29) is 41.2 Å². The number of pyridine rings is 1. The van der Waals surface area contributed by atoms with E-state index in [0.29, 0.717) is 0 Å². The molecule has 0 radical (unpaired) electrons. The standard InChI is InChI=1S/C6H2FN2.ClH.Mg/c7-5-2-1-3-9-6(5)4-8;;/h1-2H;1H;/q-1;;+2/p-1. The van der Waals surface area contributed by atoms with Gasteiger partial charge in [-0.15, -0.1) is 6.07 Å². The zero-order valence-corrected chi connectivity index (χ0v) is 7.68. The van der Waals surface area contributed by atoms with E-state index < -0.39 is 5.82 Å². The predicted octanol–water partition coefficient (Wildman–Crippen LogP) is -2.48. The minimum absolute atomic E-state index is 0. The smallest absolute Gasteiger partial charge is 1.00 e. The van der Waals surface area contributed by atoms with Gasteiger partial charge in [0.1, 0.15) is 0 Å². The second-order valence-corrected chi connectivity index (χ2v) is 1.38. The Morgan fingerprint density at radius 2 is 2.27 bits per heavy atom. The van der Waals surface area contributed by atoms with Crippen LogP contribution in [0.4, 0.5) is 4.39 Å². The minimum Gasteiger partial charge on any atom is -1.00 e. The van der Waals surface area contributed by atoms with Gasteiger partial charge in [-0.1, -0.05) is 6.20 Å². The van der Waals surface area contributed by atoms with Crippen molar-refractivity contribution in [2.75, 3.05) is 0 Å². The Hall–Kier alpha value is -0.374. The molecule has 1 rings (SSSR count). The van der Waals surface area contributed by atoms with Crippen molar-refractivity contribution in [3.8, 4) is 6.07 Å². The molecule has 0 spiro atoms. The summed E-state index contributed by atoms with van der Waals surface area (Å²) in [4.78, 5) is 3.34. The number of halogens is 2. The normalized spacial score (nSPS) is 6.91. The van der Waals surface area contributed by atoms with Gasteiger partial charge in [0.05, 0.1) is 17.6 Å². The molecule has 0 aliphatic carbocycles. The summed E-state index contributed by atoms with van der Waals surface area (Å²) in [7, 11) is 0. The third-order valence-corrected chi connectivity index (χ3v) is 0.813. The Bertz CT molecular complexity index is 261. The molecule has 0 saturated carbocycles. The van der Waals surface area contributed by atoms with Crippen molar-refractivity contribution in [1.82, 2.24) is 4.98 Å². The monoisotopic (exact) mass is 180 g/mol. The molecule has 5 heteroatoms. The van der Waals surface area contributed by atoms with Gasteiger partial charge in [-0.2, -0.15) is 6.07 Å². The summed E-state index contributed by atoms with van der Waals surface area (Å²) < 4.78 is 12.3. The van der Waals surface area contributed by atoms with E-state index in [1.54, 1.807) is 6.07 Å². The quantitative estimate of drug-likeness (QED) is 0.328. The number of nitrogens with zero attached hydrogens (tertiary/aromatic N) is 2. The van der Waals surface area contributed by atoms with Crippen LogP contribution in [0.2, 0.25) is 0 Å². The third-order valence-electron chi connectivity index (χ3n) is 0.813. The van der Waals surface area contributed by atoms with E-state index in [1.165, 1.54) is 6.07 Å². The SMILES string of the molecule is N#Cc1n[c-]ccc1F.[Cl-].[Mg+2]. The van der Waals surface area contributed by atoms with Gasteiger partial charge in [-0.3, -0.25) is 0 Å². The molecule has 0 bridgehead atoms. The summed E-state index contributed by atoms with van der Waals surface area (Å²) >= 11 is 0. The van der Waals surface area contributed by atoms with Crippen LogP contribution in [0.15, 0.2) is 12.1 Å².